The predicted molar refractivity (Wildman–Crippen MR) is 80.2 cm³/mol. The molecule has 1 aromatic rings. The lowest BCUT2D eigenvalue weighted by molar-refractivity contribution is 0.120. The van der Waals surface area contributed by atoms with Crippen molar-refractivity contribution in [2.24, 2.45) is 5.92 Å². The van der Waals surface area contributed by atoms with Crippen LogP contribution < -0.4 is 5.32 Å². The smallest absolute Gasteiger partial charge is 0.0449 e. The minimum absolute atomic E-state index is 0.513. The van der Waals surface area contributed by atoms with E-state index in [4.69, 9.17) is 0 Å². The van der Waals surface area contributed by atoms with Crippen LogP contribution >= 0.6 is 0 Å². The molecule has 2 aliphatic rings. The van der Waals surface area contributed by atoms with E-state index in [0.29, 0.717) is 12.1 Å². The number of hydrogen-bond donors (Lipinski definition) is 1. The first kappa shape index (κ1) is 13.1. The summed E-state index contributed by atoms with van der Waals surface area (Å²) in [5.41, 5.74) is 1.44. The molecule has 1 heterocycles. The number of rotatable bonds is 3. The Balaban J connectivity index is 1.63. The zero-order valence-corrected chi connectivity index (χ0v) is 12.0. The van der Waals surface area contributed by atoms with Gasteiger partial charge in [-0.05, 0) is 31.2 Å². The Morgan fingerprint density at radius 2 is 1.89 bits per heavy atom. The van der Waals surface area contributed by atoms with Gasteiger partial charge in [-0.2, -0.15) is 0 Å². The van der Waals surface area contributed by atoms with Gasteiger partial charge in [0.2, 0.25) is 0 Å². The Bertz CT molecular complexity index is 384. The zero-order valence-electron chi connectivity index (χ0n) is 12.0. The minimum atomic E-state index is 0.513. The van der Waals surface area contributed by atoms with E-state index in [0.717, 1.165) is 12.5 Å². The topological polar surface area (TPSA) is 15.3 Å². The van der Waals surface area contributed by atoms with Crippen molar-refractivity contribution in [3.8, 4) is 0 Å². The molecular weight excluding hydrogens is 232 g/mol. The Hall–Kier alpha value is -0.860. The molecule has 1 aromatic carbocycles. The van der Waals surface area contributed by atoms with E-state index in [-0.39, 0.29) is 0 Å². The van der Waals surface area contributed by atoms with Gasteiger partial charge < -0.3 is 5.32 Å². The molecule has 1 saturated heterocycles. The van der Waals surface area contributed by atoms with Crippen molar-refractivity contribution in [1.29, 1.82) is 0 Å². The summed E-state index contributed by atoms with van der Waals surface area (Å²) in [7, 11) is 0. The van der Waals surface area contributed by atoms with E-state index in [2.05, 4.69) is 47.5 Å². The van der Waals surface area contributed by atoms with Crippen molar-refractivity contribution < 1.29 is 0 Å². The first-order valence-electron chi connectivity index (χ1n) is 7.85. The average molecular weight is 258 g/mol. The van der Waals surface area contributed by atoms with E-state index < -0.39 is 0 Å². The van der Waals surface area contributed by atoms with Crippen LogP contribution in [0.5, 0.6) is 0 Å². The van der Waals surface area contributed by atoms with Crippen LogP contribution in [-0.2, 0) is 0 Å². The first-order chi connectivity index (χ1) is 9.33. The maximum Gasteiger partial charge on any atom is 0.0449 e. The second kappa shape index (κ2) is 6.06. The van der Waals surface area contributed by atoms with Crippen LogP contribution in [0.25, 0.3) is 0 Å². The molecule has 2 unspecified atom stereocenters. The Morgan fingerprint density at radius 3 is 2.63 bits per heavy atom. The van der Waals surface area contributed by atoms with E-state index in [9.17, 15) is 0 Å². The highest BCUT2D eigenvalue weighted by Crippen LogP contribution is 2.28. The van der Waals surface area contributed by atoms with E-state index >= 15 is 0 Å². The highest BCUT2D eigenvalue weighted by Gasteiger charge is 2.28. The van der Waals surface area contributed by atoms with Gasteiger partial charge in [0, 0.05) is 31.7 Å². The highest BCUT2D eigenvalue weighted by molar-refractivity contribution is 5.20. The molecule has 0 bridgehead atoms. The Morgan fingerprint density at radius 1 is 1.16 bits per heavy atom. The molecule has 104 valence electrons. The van der Waals surface area contributed by atoms with Gasteiger partial charge in [-0.25, -0.2) is 0 Å². The molecule has 2 nitrogen and oxygen atoms in total. The van der Waals surface area contributed by atoms with Crippen LogP contribution in [0.2, 0.25) is 0 Å². The summed E-state index contributed by atoms with van der Waals surface area (Å²) in [4.78, 5) is 2.71. The van der Waals surface area contributed by atoms with Crippen LogP contribution in [0, 0.1) is 5.92 Å². The normalized spacial score (nSPS) is 29.7. The fraction of sp³-hybridized carbons (Fsp3) is 0.647. The summed E-state index contributed by atoms with van der Waals surface area (Å²) in [6.45, 7) is 5.96. The van der Waals surface area contributed by atoms with Crippen molar-refractivity contribution in [3.05, 3.63) is 35.9 Å². The molecular formula is C17H26N2. The largest absolute Gasteiger partial charge is 0.307 e. The third-order valence-corrected chi connectivity index (χ3v) is 4.87. The van der Waals surface area contributed by atoms with Gasteiger partial charge >= 0.3 is 0 Å². The molecule has 1 N–H and O–H groups in total. The molecule has 2 heteroatoms. The summed E-state index contributed by atoms with van der Waals surface area (Å²) in [6, 6.07) is 12.1. The Kier molecular flexibility index (Phi) is 4.19. The van der Waals surface area contributed by atoms with Gasteiger partial charge in [0.1, 0.15) is 0 Å². The van der Waals surface area contributed by atoms with E-state index in [1.165, 1.54) is 44.3 Å². The summed E-state index contributed by atoms with van der Waals surface area (Å²) >= 11 is 0. The van der Waals surface area contributed by atoms with Gasteiger partial charge in [0.05, 0.1) is 0 Å². The maximum absolute atomic E-state index is 3.70. The summed E-state index contributed by atoms with van der Waals surface area (Å²) in [5.74, 6) is 0.956. The fourth-order valence-corrected chi connectivity index (χ4v) is 3.61. The summed E-state index contributed by atoms with van der Waals surface area (Å²) in [6.07, 6.45) is 5.81. The highest BCUT2D eigenvalue weighted by atomic mass is 15.2. The lowest BCUT2D eigenvalue weighted by Crippen LogP contribution is -2.52. The van der Waals surface area contributed by atoms with E-state index in [1.54, 1.807) is 0 Å². The third kappa shape index (κ3) is 3.18. The molecule has 3 rings (SSSR count). The molecule has 1 saturated carbocycles. The molecule has 0 spiro atoms. The van der Waals surface area contributed by atoms with Crippen molar-refractivity contribution in [2.75, 3.05) is 19.6 Å². The lowest BCUT2D eigenvalue weighted by atomic mass is 10.00. The van der Waals surface area contributed by atoms with Crippen LogP contribution in [-0.4, -0.2) is 30.6 Å². The zero-order chi connectivity index (χ0) is 13.1. The van der Waals surface area contributed by atoms with Crippen molar-refractivity contribution >= 4 is 0 Å². The molecule has 0 radical (unpaired) electrons. The standard InChI is InChI=1S/C17H26N2/c1-14-11-18-17(16-9-3-2-4-10-16)13-19(14)12-15-7-5-6-8-15/h2-4,9-10,14-15,17-18H,5-8,11-13H2,1H3. The molecule has 2 fully saturated rings. The van der Waals surface area contributed by atoms with Gasteiger partial charge in [-0.1, -0.05) is 43.2 Å². The molecule has 0 aromatic heterocycles. The maximum atomic E-state index is 3.70. The quantitative estimate of drug-likeness (QED) is 0.895. The minimum Gasteiger partial charge on any atom is -0.307 e. The van der Waals surface area contributed by atoms with Crippen LogP contribution in [0.3, 0.4) is 0 Å². The third-order valence-electron chi connectivity index (χ3n) is 4.87. The molecule has 19 heavy (non-hydrogen) atoms. The van der Waals surface area contributed by atoms with Gasteiger partial charge in [-0.15, -0.1) is 0 Å². The SMILES string of the molecule is CC1CNC(c2ccccc2)CN1CC1CCCC1. The number of nitrogens with zero attached hydrogens (tertiary/aromatic N) is 1. The first-order valence-corrected chi connectivity index (χ1v) is 7.85. The van der Waals surface area contributed by atoms with Crippen LogP contribution in [0.4, 0.5) is 0 Å². The average Bonchev–Trinajstić information content (AvgIpc) is 2.95. The number of hydrogen-bond acceptors (Lipinski definition) is 2. The van der Waals surface area contributed by atoms with Gasteiger partial charge in [-0.3, -0.25) is 4.90 Å². The molecule has 1 aliphatic carbocycles. The number of piperazine rings is 1. The van der Waals surface area contributed by atoms with Crippen molar-refractivity contribution in [1.82, 2.24) is 10.2 Å². The molecule has 2 atom stereocenters. The molecule has 0 amide bonds. The van der Waals surface area contributed by atoms with Crippen molar-refractivity contribution in [3.63, 3.8) is 0 Å². The van der Waals surface area contributed by atoms with Crippen molar-refractivity contribution in [2.45, 2.75) is 44.7 Å². The lowest BCUT2D eigenvalue weighted by Gasteiger charge is -2.40. The Labute approximate surface area is 117 Å². The number of benzene rings is 1. The summed E-state index contributed by atoms with van der Waals surface area (Å²) < 4.78 is 0. The second-order valence-corrected chi connectivity index (χ2v) is 6.32. The van der Waals surface area contributed by atoms with Gasteiger partial charge in [0.25, 0.3) is 0 Å². The van der Waals surface area contributed by atoms with Gasteiger partial charge in [0.15, 0.2) is 0 Å². The second-order valence-electron chi connectivity index (χ2n) is 6.32. The van der Waals surface area contributed by atoms with E-state index in [1.807, 2.05) is 0 Å². The number of nitrogens with one attached hydrogen (secondary N) is 1. The fourth-order valence-electron chi connectivity index (χ4n) is 3.61. The molecule has 1 aliphatic heterocycles. The summed E-state index contributed by atoms with van der Waals surface area (Å²) in [5, 5.41) is 3.70. The monoisotopic (exact) mass is 258 g/mol. The predicted octanol–water partition coefficient (Wildman–Crippen LogP) is 3.21. The van der Waals surface area contributed by atoms with Crippen LogP contribution in [0.1, 0.15) is 44.2 Å². The van der Waals surface area contributed by atoms with Crippen LogP contribution in [0.15, 0.2) is 30.3 Å².